The summed E-state index contributed by atoms with van der Waals surface area (Å²) in [4.78, 5) is 12.3. The quantitative estimate of drug-likeness (QED) is 0.575. The van der Waals surface area contributed by atoms with E-state index in [4.69, 9.17) is 4.74 Å². The molecule has 0 bridgehead atoms. The predicted molar refractivity (Wildman–Crippen MR) is 112 cm³/mol. The Kier molecular flexibility index (Phi) is 6.14. The van der Waals surface area contributed by atoms with Gasteiger partial charge < -0.3 is 4.74 Å². The van der Waals surface area contributed by atoms with Gasteiger partial charge in [-0.15, -0.1) is 10.2 Å². The standard InChI is InChI=1S/C19H20N4O4S2/c1-4-23(15-9-5-13(2)6-10-15)29(25,26)19-22-21-18(28-19)20-17(24)14-7-11-16(27-3)12-8-14/h5-12H,4H2,1-3H3,(H,20,21,24). The monoisotopic (exact) mass is 432 g/mol. The van der Waals surface area contributed by atoms with Crippen molar-refractivity contribution >= 4 is 38.1 Å². The number of aryl methyl sites for hydroxylation is 1. The molecular formula is C19H20N4O4S2. The summed E-state index contributed by atoms with van der Waals surface area (Å²) in [5, 5.41) is 10.3. The molecule has 0 aliphatic rings. The number of methoxy groups -OCH3 is 1. The van der Waals surface area contributed by atoms with Gasteiger partial charge in [0.05, 0.1) is 12.8 Å². The molecule has 0 saturated heterocycles. The van der Waals surface area contributed by atoms with Crippen molar-refractivity contribution < 1.29 is 17.9 Å². The number of carbonyl (C=O) groups is 1. The first-order valence-corrected chi connectivity index (χ1v) is 11.0. The first kappa shape index (κ1) is 20.7. The van der Waals surface area contributed by atoms with Gasteiger partial charge in [0.1, 0.15) is 5.75 Å². The normalized spacial score (nSPS) is 11.1. The summed E-state index contributed by atoms with van der Waals surface area (Å²) in [6.45, 7) is 3.90. The zero-order chi connectivity index (χ0) is 21.0. The van der Waals surface area contributed by atoms with Gasteiger partial charge in [-0.25, -0.2) is 0 Å². The lowest BCUT2D eigenvalue weighted by molar-refractivity contribution is 0.102. The predicted octanol–water partition coefficient (Wildman–Crippen LogP) is 3.32. The Balaban J connectivity index is 1.79. The summed E-state index contributed by atoms with van der Waals surface area (Å²) in [7, 11) is -2.36. The van der Waals surface area contributed by atoms with Crippen LogP contribution in [0.3, 0.4) is 0 Å². The second-order valence-corrected chi connectivity index (χ2v) is 9.07. The molecule has 0 spiro atoms. The van der Waals surface area contributed by atoms with E-state index in [9.17, 15) is 13.2 Å². The van der Waals surface area contributed by atoms with Crippen LogP contribution in [-0.2, 0) is 10.0 Å². The highest BCUT2D eigenvalue weighted by molar-refractivity contribution is 7.94. The number of sulfonamides is 1. The van der Waals surface area contributed by atoms with Crippen molar-refractivity contribution in [2.75, 3.05) is 23.3 Å². The number of hydrogen-bond acceptors (Lipinski definition) is 7. The first-order valence-electron chi connectivity index (χ1n) is 8.73. The van der Waals surface area contributed by atoms with Crippen LogP contribution in [0.1, 0.15) is 22.8 Å². The third-order valence-corrected chi connectivity index (χ3v) is 7.19. The maximum atomic E-state index is 13.0. The lowest BCUT2D eigenvalue weighted by atomic mass is 10.2. The number of nitrogens with one attached hydrogen (secondary N) is 1. The molecule has 10 heteroatoms. The lowest BCUT2D eigenvalue weighted by Crippen LogP contribution is -2.30. The molecule has 8 nitrogen and oxygen atoms in total. The average Bonchev–Trinajstić information content (AvgIpc) is 3.19. The minimum atomic E-state index is -3.90. The molecule has 0 saturated carbocycles. The van der Waals surface area contributed by atoms with E-state index >= 15 is 0 Å². The average molecular weight is 433 g/mol. The van der Waals surface area contributed by atoms with Crippen LogP contribution in [0.2, 0.25) is 0 Å². The minimum Gasteiger partial charge on any atom is -0.497 e. The Bertz CT molecular complexity index is 1090. The molecule has 152 valence electrons. The van der Waals surface area contributed by atoms with E-state index < -0.39 is 15.9 Å². The number of ether oxygens (including phenoxy) is 1. The molecular weight excluding hydrogens is 412 g/mol. The zero-order valence-corrected chi connectivity index (χ0v) is 17.8. The topological polar surface area (TPSA) is 101 Å². The highest BCUT2D eigenvalue weighted by Crippen LogP contribution is 2.28. The van der Waals surface area contributed by atoms with E-state index in [-0.39, 0.29) is 16.0 Å². The van der Waals surface area contributed by atoms with Gasteiger partial charge >= 0.3 is 0 Å². The zero-order valence-electron chi connectivity index (χ0n) is 16.1. The maximum absolute atomic E-state index is 13.0. The van der Waals surface area contributed by atoms with Crippen molar-refractivity contribution in [3.8, 4) is 5.75 Å². The number of benzene rings is 2. The van der Waals surface area contributed by atoms with Crippen molar-refractivity contribution in [3.63, 3.8) is 0 Å². The van der Waals surface area contributed by atoms with E-state index in [1.165, 1.54) is 11.4 Å². The van der Waals surface area contributed by atoms with E-state index in [0.717, 1.165) is 16.9 Å². The molecule has 2 aromatic carbocycles. The van der Waals surface area contributed by atoms with Gasteiger partial charge in [0.25, 0.3) is 20.3 Å². The van der Waals surface area contributed by atoms with Crippen LogP contribution >= 0.6 is 11.3 Å². The molecule has 1 aromatic heterocycles. The van der Waals surface area contributed by atoms with E-state index in [1.54, 1.807) is 43.3 Å². The summed E-state index contributed by atoms with van der Waals surface area (Å²) >= 11 is 0.804. The van der Waals surface area contributed by atoms with Crippen LogP contribution in [0.4, 0.5) is 10.8 Å². The summed E-state index contributed by atoms with van der Waals surface area (Å²) < 4.78 is 32.1. The smallest absolute Gasteiger partial charge is 0.293 e. The van der Waals surface area contributed by atoms with Crippen molar-refractivity contribution in [3.05, 3.63) is 59.7 Å². The van der Waals surface area contributed by atoms with Gasteiger partial charge in [0, 0.05) is 12.1 Å². The molecule has 3 rings (SSSR count). The minimum absolute atomic E-state index is 0.101. The molecule has 1 heterocycles. The van der Waals surface area contributed by atoms with Crippen LogP contribution in [0.25, 0.3) is 0 Å². The second-order valence-electron chi connectivity index (χ2n) is 6.06. The third kappa shape index (κ3) is 4.54. The third-order valence-electron chi connectivity index (χ3n) is 4.10. The molecule has 0 aliphatic heterocycles. The van der Waals surface area contributed by atoms with E-state index in [0.29, 0.717) is 17.0 Å². The molecule has 1 N–H and O–H groups in total. The number of amides is 1. The summed E-state index contributed by atoms with van der Waals surface area (Å²) in [5.74, 6) is 0.209. The van der Waals surface area contributed by atoms with Crippen molar-refractivity contribution in [2.45, 2.75) is 18.2 Å². The Morgan fingerprint density at radius 2 is 1.76 bits per heavy atom. The number of rotatable bonds is 7. The van der Waals surface area contributed by atoms with Gasteiger partial charge in [-0.1, -0.05) is 29.0 Å². The van der Waals surface area contributed by atoms with Crippen LogP contribution < -0.4 is 14.4 Å². The van der Waals surface area contributed by atoms with Crippen molar-refractivity contribution in [1.29, 1.82) is 0 Å². The Morgan fingerprint density at radius 1 is 1.10 bits per heavy atom. The van der Waals surface area contributed by atoms with Crippen LogP contribution in [0.5, 0.6) is 5.75 Å². The Hall–Kier alpha value is -2.98. The molecule has 3 aromatic rings. The van der Waals surface area contributed by atoms with Gasteiger partial charge in [-0.05, 0) is 50.2 Å². The van der Waals surface area contributed by atoms with Gasteiger partial charge in [-0.3, -0.25) is 14.4 Å². The molecule has 0 fully saturated rings. The van der Waals surface area contributed by atoms with Crippen LogP contribution in [0, 0.1) is 6.92 Å². The number of carbonyl (C=O) groups excluding carboxylic acids is 1. The van der Waals surface area contributed by atoms with Gasteiger partial charge in [0.15, 0.2) is 0 Å². The van der Waals surface area contributed by atoms with Crippen LogP contribution in [0.15, 0.2) is 52.9 Å². The summed E-state index contributed by atoms with van der Waals surface area (Å²) in [5.41, 5.74) is 1.96. The highest BCUT2D eigenvalue weighted by Gasteiger charge is 2.28. The fourth-order valence-electron chi connectivity index (χ4n) is 2.57. The molecule has 0 aliphatic carbocycles. The molecule has 1 amide bonds. The first-order chi connectivity index (χ1) is 13.8. The molecule has 29 heavy (non-hydrogen) atoms. The lowest BCUT2D eigenvalue weighted by Gasteiger charge is -2.21. The van der Waals surface area contributed by atoms with E-state index in [2.05, 4.69) is 15.5 Å². The summed E-state index contributed by atoms with van der Waals surface area (Å²) in [6, 6.07) is 13.7. The number of nitrogens with zero attached hydrogens (tertiary/aromatic N) is 3. The fourth-order valence-corrected chi connectivity index (χ4v) is 5.04. The van der Waals surface area contributed by atoms with Crippen molar-refractivity contribution in [1.82, 2.24) is 10.2 Å². The number of anilines is 2. The Morgan fingerprint density at radius 3 is 2.34 bits per heavy atom. The van der Waals surface area contributed by atoms with Crippen molar-refractivity contribution in [2.24, 2.45) is 0 Å². The van der Waals surface area contributed by atoms with E-state index in [1.807, 2.05) is 19.1 Å². The van der Waals surface area contributed by atoms with Crippen LogP contribution in [-0.4, -0.2) is 38.2 Å². The number of aromatic nitrogens is 2. The highest BCUT2D eigenvalue weighted by atomic mass is 32.2. The maximum Gasteiger partial charge on any atom is 0.293 e. The number of hydrogen-bond donors (Lipinski definition) is 1. The SMILES string of the molecule is CCN(c1ccc(C)cc1)S(=O)(=O)c1nnc(NC(=O)c2ccc(OC)cc2)s1. The summed E-state index contributed by atoms with van der Waals surface area (Å²) in [6.07, 6.45) is 0. The second kappa shape index (κ2) is 8.58. The molecule has 0 unspecified atom stereocenters. The molecule has 0 atom stereocenters. The molecule has 0 radical (unpaired) electrons. The Labute approximate surface area is 173 Å². The van der Waals surface area contributed by atoms with Gasteiger partial charge in [0.2, 0.25) is 5.13 Å². The fraction of sp³-hybridized carbons (Fsp3) is 0.211. The van der Waals surface area contributed by atoms with Gasteiger partial charge in [-0.2, -0.15) is 8.42 Å². The largest absolute Gasteiger partial charge is 0.497 e.